The van der Waals surface area contributed by atoms with Crippen molar-refractivity contribution in [3.63, 3.8) is 0 Å². The number of fused-ring (bicyclic) bond motifs is 1. The first kappa shape index (κ1) is 22.7. The Morgan fingerprint density at radius 2 is 1.76 bits per heavy atom. The highest BCUT2D eigenvalue weighted by Crippen LogP contribution is 2.30. The molecule has 0 spiro atoms. The largest absolute Gasteiger partial charge is 0.337 e. The lowest BCUT2D eigenvalue weighted by atomic mass is 10.0. The monoisotopic (exact) mass is 444 g/mol. The zero-order valence-corrected chi connectivity index (χ0v) is 20.4. The van der Waals surface area contributed by atoms with Crippen molar-refractivity contribution in [2.45, 2.75) is 61.2 Å². The Morgan fingerprint density at radius 1 is 1.00 bits per heavy atom. The van der Waals surface area contributed by atoms with Crippen LogP contribution in [0.25, 0.3) is 22.2 Å². The highest BCUT2D eigenvalue weighted by molar-refractivity contribution is 5.95. The zero-order valence-electron chi connectivity index (χ0n) is 20.4. The van der Waals surface area contributed by atoms with E-state index < -0.39 is 0 Å². The second kappa shape index (κ2) is 9.17. The Bertz CT molecular complexity index is 1320. The quantitative estimate of drug-likeness (QED) is 0.418. The number of aryl methyl sites for hydroxylation is 4. The van der Waals surface area contributed by atoms with Crippen molar-refractivity contribution in [3.8, 4) is 11.1 Å². The number of amides is 1. The molecule has 0 N–H and O–H groups in total. The second-order valence-electron chi connectivity index (χ2n) is 8.54. The first-order valence-corrected chi connectivity index (χ1v) is 11.5. The van der Waals surface area contributed by atoms with E-state index in [2.05, 4.69) is 55.1 Å². The van der Waals surface area contributed by atoms with Gasteiger partial charge in [-0.15, -0.1) is 0 Å². The van der Waals surface area contributed by atoms with Gasteiger partial charge in [-0.05, 0) is 58.7 Å². The summed E-state index contributed by atoms with van der Waals surface area (Å²) in [5, 5.41) is 10.3. The number of hydrogen-bond donors (Lipinski definition) is 0. The van der Waals surface area contributed by atoms with Crippen LogP contribution in [0, 0.1) is 27.7 Å². The van der Waals surface area contributed by atoms with Crippen LogP contribution in [0.3, 0.4) is 0 Å². The molecule has 1 aromatic carbocycles. The Hall–Kier alpha value is -3.48. The van der Waals surface area contributed by atoms with Gasteiger partial charge in [0.1, 0.15) is 6.54 Å². The van der Waals surface area contributed by atoms with Gasteiger partial charge in [-0.2, -0.15) is 10.2 Å². The average molecular weight is 445 g/mol. The van der Waals surface area contributed by atoms with Gasteiger partial charge in [0.05, 0.1) is 11.4 Å². The minimum atomic E-state index is 0.0210. The van der Waals surface area contributed by atoms with E-state index in [1.807, 2.05) is 36.4 Å². The lowest BCUT2D eigenvalue weighted by Crippen LogP contribution is -2.34. The highest BCUT2D eigenvalue weighted by Gasteiger charge is 2.21. The molecule has 0 aliphatic carbocycles. The molecule has 7 nitrogen and oxygen atoms in total. The van der Waals surface area contributed by atoms with Gasteiger partial charge in [0.2, 0.25) is 5.91 Å². The standard InChI is InChI=1S/C26H32N6O/c1-7-30(15-23-18(4)28-31(8-2)20(23)6)24(33)16-32-26-25(19(5)29-32)22(12-13-27-26)21-11-9-10-17(3)14-21/h9-14H,7-8,15-16H2,1-6H3. The molecule has 4 aromatic rings. The topological polar surface area (TPSA) is 68.8 Å². The van der Waals surface area contributed by atoms with Gasteiger partial charge >= 0.3 is 0 Å². The smallest absolute Gasteiger partial charge is 0.244 e. The molecule has 0 unspecified atom stereocenters. The predicted octanol–water partition coefficient (Wildman–Crippen LogP) is 4.60. The summed E-state index contributed by atoms with van der Waals surface area (Å²) in [4.78, 5) is 19.8. The molecule has 0 aliphatic heterocycles. The van der Waals surface area contributed by atoms with Gasteiger partial charge in [0, 0.05) is 42.5 Å². The van der Waals surface area contributed by atoms with Crippen LogP contribution in [-0.2, 0) is 24.4 Å². The van der Waals surface area contributed by atoms with Crippen molar-refractivity contribution in [2.75, 3.05) is 6.54 Å². The number of hydrogen-bond acceptors (Lipinski definition) is 4. The lowest BCUT2D eigenvalue weighted by Gasteiger charge is -2.21. The van der Waals surface area contributed by atoms with E-state index in [4.69, 9.17) is 5.10 Å². The molecule has 0 radical (unpaired) electrons. The summed E-state index contributed by atoms with van der Waals surface area (Å²) in [6.07, 6.45) is 1.80. The van der Waals surface area contributed by atoms with Gasteiger partial charge < -0.3 is 4.90 Å². The fraction of sp³-hybridized carbons (Fsp3) is 0.385. The number of carbonyl (C=O) groups is 1. The molecule has 0 aliphatic rings. The van der Waals surface area contributed by atoms with Crippen LogP contribution in [-0.4, -0.2) is 41.9 Å². The molecule has 0 bridgehead atoms. The zero-order chi connectivity index (χ0) is 23.7. The number of pyridine rings is 1. The Kier molecular flexibility index (Phi) is 6.31. The Balaban J connectivity index is 1.64. The number of benzene rings is 1. The second-order valence-corrected chi connectivity index (χ2v) is 8.54. The predicted molar refractivity (Wildman–Crippen MR) is 131 cm³/mol. The summed E-state index contributed by atoms with van der Waals surface area (Å²) < 4.78 is 3.73. The molecular weight excluding hydrogens is 412 g/mol. The van der Waals surface area contributed by atoms with Crippen molar-refractivity contribution in [1.82, 2.24) is 29.4 Å². The summed E-state index contributed by atoms with van der Waals surface area (Å²) in [6, 6.07) is 10.4. The van der Waals surface area contributed by atoms with Crippen molar-refractivity contribution < 1.29 is 4.79 Å². The number of nitrogens with zero attached hydrogens (tertiary/aromatic N) is 6. The Labute approximate surface area is 195 Å². The van der Waals surface area contributed by atoms with Crippen LogP contribution in [0.4, 0.5) is 0 Å². The van der Waals surface area contributed by atoms with Gasteiger partial charge in [-0.1, -0.05) is 29.8 Å². The van der Waals surface area contributed by atoms with Crippen LogP contribution in [0.5, 0.6) is 0 Å². The third-order valence-corrected chi connectivity index (χ3v) is 6.34. The van der Waals surface area contributed by atoms with Crippen LogP contribution >= 0.6 is 0 Å². The fourth-order valence-electron chi connectivity index (χ4n) is 4.51. The molecule has 3 aromatic heterocycles. The molecule has 0 saturated carbocycles. The van der Waals surface area contributed by atoms with Crippen molar-refractivity contribution in [1.29, 1.82) is 0 Å². The number of likely N-dealkylation sites (N-methyl/N-ethyl adjacent to an activating group) is 1. The molecule has 172 valence electrons. The lowest BCUT2D eigenvalue weighted by molar-refractivity contribution is -0.132. The summed E-state index contributed by atoms with van der Waals surface area (Å²) in [5.74, 6) is 0.0210. The SMILES string of the molecule is CCN(Cc1c(C)nn(CC)c1C)C(=O)Cn1nc(C)c2c(-c3cccc(C)c3)ccnc21. The summed E-state index contributed by atoms with van der Waals surface area (Å²) >= 11 is 0. The number of rotatable bonds is 7. The van der Waals surface area contributed by atoms with Gasteiger partial charge in [0.15, 0.2) is 5.65 Å². The third kappa shape index (κ3) is 4.27. The molecule has 33 heavy (non-hydrogen) atoms. The minimum absolute atomic E-state index is 0.0210. The molecule has 0 atom stereocenters. The van der Waals surface area contributed by atoms with E-state index in [0.717, 1.165) is 51.4 Å². The normalized spacial score (nSPS) is 11.3. The molecule has 0 fully saturated rings. The summed E-state index contributed by atoms with van der Waals surface area (Å²) in [5.41, 5.74) is 8.25. The van der Waals surface area contributed by atoms with E-state index in [-0.39, 0.29) is 12.5 Å². The molecule has 1 amide bonds. The van der Waals surface area contributed by atoms with E-state index in [0.29, 0.717) is 13.1 Å². The summed E-state index contributed by atoms with van der Waals surface area (Å²) in [7, 11) is 0. The maximum atomic E-state index is 13.3. The first-order valence-electron chi connectivity index (χ1n) is 11.5. The molecule has 4 rings (SSSR count). The van der Waals surface area contributed by atoms with Crippen LogP contribution in [0.15, 0.2) is 36.5 Å². The highest BCUT2D eigenvalue weighted by atomic mass is 16.2. The van der Waals surface area contributed by atoms with E-state index >= 15 is 0 Å². The average Bonchev–Trinajstić information content (AvgIpc) is 3.27. The first-order chi connectivity index (χ1) is 15.8. The van der Waals surface area contributed by atoms with Gasteiger partial charge in [0.25, 0.3) is 0 Å². The van der Waals surface area contributed by atoms with Gasteiger partial charge in [-0.25, -0.2) is 9.67 Å². The van der Waals surface area contributed by atoms with E-state index in [9.17, 15) is 4.79 Å². The molecule has 0 saturated heterocycles. The van der Waals surface area contributed by atoms with Crippen molar-refractivity contribution >= 4 is 16.9 Å². The van der Waals surface area contributed by atoms with Crippen LogP contribution in [0.2, 0.25) is 0 Å². The van der Waals surface area contributed by atoms with E-state index in [1.54, 1.807) is 10.9 Å². The molecule has 3 heterocycles. The van der Waals surface area contributed by atoms with Crippen molar-refractivity contribution in [2.24, 2.45) is 0 Å². The van der Waals surface area contributed by atoms with Gasteiger partial charge in [-0.3, -0.25) is 9.48 Å². The van der Waals surface area contributed by atoms with Crippen LogP contribution in [0.1, 0.15) is 42.1 Å². The molecular formula is C26H32N6O. The van der Waals surface area contributed by atoms with Crippen molar-refractivity contribution in [3.05, 3.63) is 64.7 Å². The fourth-order valence-corrected chi connectivity index (χ4v) is 4.51. The van der Waals surface area contributed by atoms with Crippen LogP contribution < -0.4 is 0 Å². The molecule has 7 heteroatoms. The maximum absolute atomic E-state index is 13.3. The third-order valence-electron chi connectivity index (χ3n) is 6.34. The summed E-state index contributed by atoms with van der Waals surface area (Å²) in [6.45, 7) is 14.4. The maximum Gasteiger partial charge on any atom is 0.244 e. The minimum Gasteiger partial charge on any atom is -0.337 e. The van der Waals surface area contributed by atoms with E-state index in [1.165, 1.54) is 5.56 Å². The number of carbonyl (C=O) groups excluding carboxylic acids is 1. The Morgan fingerprint density at radius 3 is 2.42 bits per heavy atom. The number of aromatic nitrogens is 5.